The van der Waals surface area contributed by atoms with Crippen LogP contribution in [0.2, 0.25) is 0 Å². The summed E-state index contributed by atoms with van der Waals surface area (Å²) in [6, 6.07) is -0.636. The third-order valence-electron chi connectivity index (χ3n) is 13.6. The summed E-state index contributed by atoms with van der Waals surface area (Å²) in [5.41, 5.74) is 0.0706. The van der Waals surface area contributed by atoms with Crippen molar-refractivity contribution in [2.45, 2.75) is 208 Å². The third-order valence-corrected chi connectivity index (χ3v) is 14.0. The third kappa shape index (κ3) is 18.1. The van der Waals surface area contributed by atoms with Crippen LogP contribution >= 0.6 is 0 Å². The van der Waals surface area contributed by atoms with Gasteiger partial charge in [0, 0.05) is 26.3 Å². The van der Waals surface area contributed by atoms with Gasteiger partial charge in [-0.05, 0) is 24.6 Å². The highest BCUT2D eigenvalue weighted by atomic mass is 32.3. The Morgan fingerprint density at radius 2 is 1.00 bits per heavy atom. The first kappa shape index (κ1) is 64.9. The highest BCUT2D eigenvalue weighted by Crippen LogP contribution is 2.35. The van der Waals surface area contributed by atoms with E-state index in [4.69, 9.17) is 37.9 Å². The molecular formula is C48H77N4O25S-. The molecule has 30 heteroatoms. The lowest BCUT2D eigenvalue weighted by Gasteiger charge is -2.51. The smallest absolute Gasteiger partial charge is 0.251 e. The van der Waals surface area contributed by atoms with Crippen molar-refractivity contribution in [2.75, 3.05) is 33.0 Å². The number of nitrogens with one attached hydrogen (secondary N) is 4. The first-order chi connectivity index (χ1) is 37.0. The van der Waals surface area contributed by atoms with E-state index in [2.05, 4.69) is 32.4 Å². The number of aliphatic hydroxyl groups excluding tert-OH is 9. The van der Waals surface area contributed by atoms with Gasteiger partial charge in [0.1, 0.15) is 103 Å². The van der Waals surface area contributed by atoms with E-state index in [1.807, 2.05) is 0 Å². The quantitative estimate of drug-likeness (QED) is 0.0214. The number of aliphatic hydroxyl groups is 9. The molecule has 4 aliphatic rings. The molecule has 0 aliphatic carbocycles. The Hall–Kier alpha value is -3.87. The van der Waals surface area contributed by atoms with Gasteiger partial charge in [0.25, 0.3) is 5.91 Å². The van der Waals surface area contributed by atoms with Gasteiger partial charge < -0.3 is 110 Å². The molecule has 20 atom stereocenters. The Labute approximate surface area is 451 Å². The van der Waals surface area contributed by atoms with Gasteiger partial charge in [-0.1, -0.05) is 64.4 Å². The van der Waals surface area contributed by atoms with Crippen molar-refractivity contribution in [3.63, 3.8) is 0 Å². The molecule has 4 saturated heterocycles. The van der Waals surface area contributed by atoms with E-state index in [1.165, 1.54) is 44.2 Å². The maximum Gasteiger partial charge on any atom is 0.251 e. The number of carbonyl (C=O) groups excluding carboxylic acids is 4. The Balaban J connectivity index is 1.34. The first-order valence-corrected chi connectivity index (χ1v) is 27.3. The molecule has 446 valence electrons. The van der Waals surface area contributed by atoms with Crippen molar-refractivity contribution in [1.29, 1.82) is 0 Å². The number of benzene rings is 1. The van der Waals surface area contributed by atoms with Gasteiger partial charge in [-0.25, -0.2) is 8.42 Å². The molecule has 9 unspecified atom stereocenters. The van der Waals surface area contributed by atoms with E-state index in [-0.39, 0.29) is 5.56 Å². The molecule has 1 aromatic rings. The number of ether oxygens (including phenoxy) is 8. The molecule has 0 saturated carbocycles. The molecule has 4 amide bonds. The summed E-state index contributed by atoms with van der Waals surface area (Å²) in [6.45, 7) is 1.58. The molecule has 5 rings (SSSR count). The van der Waals surface area contributed by atoms with E-state index in [0.717, 1.165) is 46.5 Å². The Kier molecular flexibility index (Phi) is 25.7. The summed E-state index contributed by atoms with van der Waals surface area (Å²) in [5, 5.41) is 109. The fourth-order valence-corrected chi connectivity index (χ4v) is 9.94. The van der Waals surface area contributed by atoms with Crippen molar-refractivity contribution in [1.82, 2.24) is 21.3 Å². The lowest BCUT2D eigenvalue weighted by molar-refractivity contribution is -0.361. The zero-order valence-electron chi connectivity index (χ0n) is 43.7. The number of rotatable bonds is 28. The predicted molar refractivity (Wildman–Crippen MR) is 262 cm³/mol. The molecule has 4 heterocycles. The molecule has 0 bridgehead atoms. The monoisotopic (exact) mass is 1140 g/mol. The summed E-state index contributed by atoms with van der Waals surface area (Å²) >= 11 is 0. The van der Waals surface area contributed by atoms with E-state index in [1.54, 1.807) is 12.1 Å². The molecule has 29 nitrogen and oxygen atoms in total. The van der Waals surface area contributed by atoms with Crippen LogP contribution in [0.5, 0.6) is 5.75 Å². The normalized spacial score (nSPS) is 35.3. The molecule has 0 aromatic heterocycles. The van der Waals surface area contributed by atoms with Crippen molar-refractivity contribution in [3.8, 4) is 5.75 Å². The van der Waals surface area contributed by atoms with Gasteiger partial charge in [0.05, 0.1) is 33.0 Å². The first-order valence-electron chi connectivity index (χ1n) is 26.0. The largest absolute Gasteiger partial charge is 0.726 e. The standard InChI is InChI=1S/C48H78N4O25S/c1-5-6-7-8-9-10-11-12-13-17-69-27-16-14-15-26(18-27)44(64)52-33-37(60)36(59)28(19-53)72-46(33)75-41-29(20-54)73-47(34(39(41)62)50-24(3)57)76-42-30(21-55)74-48(35(40(42)63)51-25(4)58)77-43-31(22-70-78(66,67)68)71-45(65)32(38(43)61)49-23(2)56/h14-16,18,28-43,45-48,53-55,59-63,65H,5-13,17,19-22H2,1-4H3,(H,49,56)(H,50,57)(H,51,58)(H,52,64)(H,66,67,68)/p-1/t28?,29-,30?,31-,32?,33?,34?,35?,36+,37-,38?,39?,40-,41-,42+,43-,45?,46+,47-,48+/m1/s1. The summed E-state index contributed by atoms with van der Waals surface area (Å²) in [5.74, 6) is -2.84. The highest BCUT2D eigenvalue weighted by Gasteiger charge is 2.56. The lowest BCUT2D eigenvalue weighted by Crippen LogP contribution is -2.71. The van der Waals surface area contributed by atoms with Crippen LogP contribution in [0, 0.1) is 0 Å². The van der Waals surface area contributed by atoms with E-state index in [0.29, 0.717) is 12.4 Å². The molecule has 1 aromatic carbocycles. The maximum absolute atomic E-state index is 13.8. The number of hydrogen-bond acceptors (Lipinski definition) is 25. The minimum atomic E-state index is -5.41. The van der Waals surface area contributed by atoms with Crippen LogP contribution in [-0.2, 0) is 62.1 Å². The average Bonchev–Trinajstić information content (AvgIpc) is 3.47. The van der Waals surface area contributed by atoms with Gasteiger partial charge in [-0.2, -0.15) is 0 Å². The van der Waals surface area contributed by atoms with E-state index in [9.17, 15) is 78.1 Å². The zero-order valence-corrected chi connectivity index (χ0v) is 44.5. The van der Waals surface area contributed by atoms with Crippen LogP contribution in [0.3, 0.4) is 0 Å². The summed E-state index contributed by atoms with van der Waals surface area (Å²) < 4.78 is 85.7. The van der Waals surface area contributed by atoms with Crippen LogP contribution < -0.4 is 26.0 Å². The number of unbranched alkanes of at least 4 members (excludes halogenated alkanes) is 8. The predicted octanol–water partition coefficient (Wildman–Crippen LogP) is -4.49. The fourth-order valence-electron chi connectivity index (χ4n) is 9.64. The lowest BCUT2D eigenvalue weighted by atomic mass is 9.93. The summed E-state index contributed by atoms with van der Waals surface area (Å²) in [4.78, 5) is 51.1. The molecular weight excluding hydrogens is 1060 g/mol. The highest BCUT2D eigenvalue weighted by molar-refractivity contribution is 7.80. The number of hydrogen-bond donors (Lipinski definition) is 13. The molecule has 0 spiro atoms. The minimum Gasteiger partial charge on any atom is -0.726 e. The van der Waals surface area contributed by atoms with Crippen molar-refractivity contribution in [3.05, 3.63) is 29.8 Å². The second-order valence-corrected chi connectivity index (χ2v) is 20.6. The minimum absolute atomic E-state index is 0.0706. The van der Waals surface area contributed by atoms with Crippen molar-refractivity contribution < 1.29 is 120 Å². The van der Waals surface area contributed by atoms with Crippen LogP contribution in [0.15, 0.2) is 24.3 Å². The molecule has 4 fully saturated rings. The molecule has 78 heavy (non-hydrogen) atoms. The summed E-state index contributed by atoms with van der Waals surface area (Å²) in [6.07, 6.45) is -19.6. The van der Waals surface area contributed by atoms with Gasteiger partial charge in [-0.15, -0.1) is 0 Å². The summed E-state index contributed by atoms with van der Waals surface area (Å²) in [7, 11) is -5.41. The van der Waals surface area contributed by atoms with Gasteiger partial charge in [0.2, 0.25) is 28.1 Å². The van der Waals surface area contributed by atoms with Gasteiger partial charge in [0.15, 0.2) is 25.2 Å². The Morgan fingerprint density at radius 3 is 1.47 bits per heavy atom. The second-order valence-electron chi connectivity index (χ2n) is 19.6. The van der Waals surface area contributed by atoms with E-state index >= 15 is 0 Å². The maximum atomic E-state index is 13.8. The van der Waals surface area contributed by atoms with E-state index < -0.39 is 183 Å². The Morgan fingerprint density at radius 1 is 0.564 bits per heavy atom. The van der Waals surface area contributed by atoms with Gasteiger partial charge in [-0.3, -0.25) is 23.4 Å². The average molecular weight is 1140 g/mol. The van der Waals surface area contributed by atoms with Crippen LogP contribution in [0.25, 0.3) is 0 Å². The van der Waals surface area contributed by atoms with Crippen molar-refractivity contribution in [2.24, 2.45) is 0 Å². The van der Waals surface area contributed by atoms with Crippen LogP contribution in [0.4, 0.5) is 0 Å². The SMILES string of the molecule is CCCCCCCCCCCOc1cccc(C(=O)NC2[C@H](O[C@H]3C(O)C(NC(C)=O)[C@@H](O[C@H]4C(CO)O[C@@H](O[C@H]5C(O)C(NC(C)=O)C(O)O[C@@H]5COS(=O)(=O)[O-])C(NC(C)=O)[C@H]4O)O[C@@H]3CO)OC(CO)[C@H](O)[C@@H]2O)c1. The topological polar surface area (TPSA) is 439 Å². The fraction of sp³-hybridized carbons (Fsp3) is 0.792. The second kappa shape index (κ2) is 30.8. The zero-order chi connectivity index (χ0) is 57.4. The Bertz CT molecular complexity index is 2170. The number of amides is 4. The molecule has 4 aliphatic heterocycles. The van der Waals surface area contributed by atoms with Gasteiger partial charge >= 0.3 is 0 Å². The molecule has 0 radical (unpaired) electrons. The van der Waals surface area contributed by atoms with Crippen molar-refractivity contribution >= 4 is 34.0 Å². The van der Waals surface area contributed by atoms with Crippen LogP contribution in [0.1, 0.15) is 95.8 Å². The van der Waals surface area contributed by atoms with Crippen LogP contribution in [-0.4, -0.2) is 238 Å². The number of carbonyl (C=O) groups is 4. The molecule has 13 N–H and O–H groups in total.